The second kappa shape index (κ2) is 7.81. The van der Waals surface area contributed by atoms with E-state index >= 15 is 0 Å². The third-order valence-corrected chi connectivity index (χ3v) is 4.80. The molecule has 2 aromatic rings. The topological polar surface area (TPSA) is 65.7 Å². The zero-order valence-corrected chi connectivity index (χ0v) is 14.0. The molecule has 2 heterocycles. The molecule has 0 bridgehead atoms. The van der Waals surface area contributed by atoms with Crippen molar-refractivity contribution in [3.63, 3.8) is 0 Å². The molecule has 1 fully saturated rings. The summed E-state index contributed by atoms with van der Waals surface area (Å²) < 4.78 is 2.07. The van der Waals surface area contributed by atoms with Crippen molar-refractivity contribution in [3.8, 4) is 0 Å². The Morgan fingerprint density at radius 1 is 1.12 bits per heavy atom. The molecule has 1 aliphatic rings. The summed E-state index contributed by atoms with van der Waals surface area (Å²) >= 11 is 0. The van der Waals surface area contributed by atoms with Crippen molar-refractivity contribution >= 4 is 16.9 Å². The fraction of sp³-hybridized carbons (Fsp3) is 0.526. The van der Waals surface area contributed by atoms with Crippen LogP contribution in [0, 0.1) is 0 Å². The number of benzene rings is 1. The number of hydrogen-bond donors (Lipinski definition) is 2. The second-order valence-corrected chi connectivity index (χ2v) is 6.73. The lowest BCUT2D eigenvalue weighted by atomic mass is 10.1. The first-order valence-electron chi connectivity index (χ1n) is 8.82. The number of carboxylic acids is 1. The van der Waals surface area contributed by atoms with Gasteiger partial charge < -0.3 is 19.7 Å². The molecule has 1 aliphatic heterocycles. The fourth-order valence-corrected chi connectivity index (χ4v) is 3.64. The molecule has 0 saturated carbocycles. The molecule has 1 unspecified atom stereocenters. The van der Waals surface area contributed by atoms with Crippen molar-refractivity contribution < 1.29 is 15.0 Å². The van der Waals surface area contributed by atoms with Crippen LogP contribution >= 0.6 is 0 Å². The molecular weight excluding hydrogens is 304 g/mol. The summed E-state index contributed by atoms with van der Waals surface area (Å²) in [7, 11) is 0. The third kappa shape index (κ3) is 4.16. The van der Waals surface area contributed by atoms with Gasteiger partial charge in [0.15, 0.2) is 0 Å². The van der Waals surface area contributed by atoms with E-state index in [0.717, 1.165) is 29.6 Å². The van der Waals surface area contributed by atoms with Crippen LogP contribution in [-0.4, -0.2) is 51.4 Å². The molecule has 2 N–H and O–H groups in total. The molecular formula is C19H26N2O3. The van der Waals surface area contributed by atoms with Gasteiger partial charge in [-0.05, 0) is 44.0 Å². The Morgan fingerprint density at radius 3 is 2.62 bits per heavy atom. The summed E-state index contributed by atoms with van der Waals surface area (Å²) in [6.07, 6.45) is 5.98. The van der Waals surface area contributed by atoms with Crippen LogP contribution in [0.5, 0.6) is 0 Å². The third-order valence-electron chi connectivity index (χ3n) is 4.80. The van der Waals surface area contributed by atoms with Crippen LogP contribution in [-0.2, 0) is 17.8 Å². The number of likely N-dealkylation sites (tertiary alicyclic amines) is 1. The normalized spacial score (nSPS) is 17.2. The number of aliphatic hydroxyl groups excluding tert-OH is 1. The van der Waals surface area contributed by atoms with Crippen LogP contribution in [0.4, 0.5) is 0 Å². The van der Waals surface area contributed by atoms with E-state index in [2.05, 4.69) is 9.47 Å². The molecule has 1 aromatic heterocycles. The highest BCUT2D eigenvalue weighted by Gasteiger charge is 2.17. The number of β-amino-alcohol motifs (C(OH)–C–C–N with tert-alkyl or cyclic N) is 1. The lowest BCUT2D eigenvalue weighted by Crippen LogP contribution is -2.37. The van der Waals surface area contributed by atoms with Gasteiger partial charge in [0.05, 0.1) is 6.10 Å². The Balaban J connectivity index is 1.72. The molecule has 0 radical (unpaired) electrons. The molecule has 3 rings (SSSR count). The maximum atomic E-state index is 10.9. The van der Waals surface area contributed by atoms with E-state index < -0.39 is 12.1 Å². The molecule has 24 heavy (non-hydrogen) atoms. The average Bonchev–Trinajstić information content (AvgIpc) is 2.92. The molecule has 130 valence electrons. The maximum Gasteiger partial charge on any atom is 0.303 e. The lowest BCUT2D eigenvalue weighted by Gasteiger charge is -2.28. The zero-order chi connectivity index (χ0) is 16.9. The summed E-state index contributed by atoms with van der Waals surface area (Å²) in [5.74, 6) is -0.781. The molecule has 1 aromatic carbocycles. The second-order valence-electron chi connectivity index (χ2n) is 6.73. The lowest BCUT2D eigenvalue weighted by molar-refractivity contribution is -0.136. The molecule has 5 nitrogen and oxygen atoms in total. The van der Waals surface area contributed by atoms with Crippen molar-refractivity contribution in [2.75, 3.05) is 19.6 Å². The number of aryl methyl sites for hydroxylation is 1. The van der Waals surface area contributed by atoms with E-state index in [1.807, 2.05) is 30.5 Å². The van der Waals surface area contributed by atoms with Crippen LogP contribution in [0.1, 0.15) is 31.2 Å². The number of hydrogen-bond acceptors (Lipinski definition) is 3. The highest BCUT2D eigenvalue weighted by molar-refractivity contribution is 5.84. The smallest absolute Gasteiger partial charge is 0.303 e. The number of nitrogens with zero attached hydrogens (tertiary/aromatic N) is 2. The SMILES string of the molecule is O=C(O)CCc1cn(CC(O)CN2CCCCC2)c2ccccc12. The van der Waals surface area contributed by atoms with Gasteiger partial charge in [0.1, 0.15) is 0 Å². The van der Waals surface area contributed by atoms with Gasteiger partial charge in [0.2, 0.25) is 0 Å². The molecule has 5 heteroatoms. The number of aliphatic carboxylic acids is 1. The van der Waals surface area contributed by atoms with Gasteiger partial charge in [-0.1, -0.05) is 24.6 Å². The van der Waals surface area contributed by atoms with Gasteiger partial charge in [0.25, 0.3) is 0 Å². The predicted octanol–water partition coefficient (Wildman–Crippen LogP) is 2.51. The van der Waals surface area contributed by atoms with E-state index in [4.69, 9.17) is 5.11 Å². The number of carbonyl (C=O) groups is 1. The van der Waals surface area contributed by atoms with Crippen LogP contribution in [0.3, 0.4) is 0 Å². The first-order valence-corrected chi connectivity index (χ1v) is 8.82. The molecule has 0 aliphatic carbocycles. The van der Waals surface area contributed by atoms with Crippen molar-refractivity contribution in [2.24, 2.45) is 0 Å². The van der Waals surface area contributed by atoms with Crippen LogP contribution in [0.25, 0.3) is 10.9 Å². The van der Waals surface area contributed by atoms with Crippen molar-refractivity contribution in [3.05, 3.63) is 36.0 Å². The summed E-state index contributed by atoms with van der Waals surface area (Å²) in [5, 5.41) is 20.5. The summed E-state index contributed by atoms with van der Waals surface area (Å²) in [6, 6.07) is 8.02. The number of carboxylic acid groups (broad SMARTS) is 1. The van der Waals surface area contributed by atoms with Gasteiger partial charge in [-0.2, -0.15) is 0 Å². The molecule has 0 amide bonds. The van der Waals surface area contributed by atoms with E-state index in [-0.39, 0.29) is 6.42 Å². The summed E-state index contributed by atoms with van der Waals surface area (Å²) in [6.45, 7) is 3.40. The van der Waals surface area contributed by atoms with Gasteiger partial charge in [0, 0.05) is 36.6 Å². The number of aromatic nitrogens is 1. The van der Waals surface area contributed by atoms with E-state index in [9.17, 15) is 9.90 Å². The maximum absolute atomic E-state index is 10.9. The Morgan fingerprint density at radius 2 is 1.88 bits per heavy atom. The van der Waals surface area contributed by atoms with Gasteiger partial charge in [-0.3, -0.25) is 4.79 Å². The fourth-order valence-electron chi connectivity index (χ4n) is 3.64. The first kappa shape index (κ1) is 17.0. The monoisotopic (exact) mass is 330 g/mol. The van der Waals surface area contributed by atoms with Gasteiger partial charge >= 0.3 is 5.97 Å². The van der Waals surface area contributed by atoms with Gasteiger partial charge in [-0.15, -0.1) is 0 Å². The minimum absolute atomic E-state index is 0.129. The van der Waals surface area contributed by atoms with Crippen LogP contribution in [0.2, 0.25) is 0 Å². The highest BCUT2D eigenvalue weighted by Crippen LogP contribution is 2.23. The Hall–Kier alpha value is -1.85. The minimum atomic E-state index is -0.781. The van der Waals surface area contributed by atoms with E-state index in [0.29, 0.717) is 19.5 Å². The number of para-hydroxylation sites is 1. The van der Waals surface area contributed by atoms with Crippen molar-refractivity contribution in [2.45, 2.75) is 44.8 Å². The van der Waals surface area contributed by atoms with Crippen molar-refractivity contribution in [1.82, 2.24) is 9.47 Å². The van der Waals surface area contributed by atoms with Gasteiger partial charge in [-0.25, -0.2) is 0 Å². The Labute approximate surface area is 142 Å². The highest BCUT2D eigenvalue weighted by atomic mass is 16.4. The number of piperidine rings is 1. The largest absolute Gasteiger partial charge is 0.481 e. The number of aliphatic hydroxyl groups is 1. The van der Waals surface area contributed by atoms with E-state index in [1.165, 1.54) is 19.3 Å². The molecule has 0 spiro atoms. The Kier molecular flexibility index (Phi) is 5.53. The summed E-state index contributed by atoms with van der Waals surface area (Å²) in [5.41, 5.74) is 2.11. The van der Waals surface area contributed by atoms with E-state index in [1.54, 1.807) is 0 Å². The van der Waals surface area contributed by atoms with Crippen molar-refractivity contribution in [1.29, 1.82) is 0 Å². The molecule has 1 atom stereocenters. The predicted molar refractivity (Wildman–Crippen MR) is 94.2 cm³/mol. The summed E-state index contributed by atoms with van der Waals surface area (Å²) in [4.78, 5) is 13.2. The first-order chi connectivity index (χ1) is 11.6. The average molecular weight is 330 g/mol. The Bertz CT molecular complexity index is 689. The van der Waals surface area contributed by atoms with Crippen LogP contribution in [0.15, 0.2) is 30.5 Å². The molecule has 1 saturated heterocycles. The van der Waals surface area contributed by atoms with Crippen LogP contribution < -0.4 is 0 Å². The quantitative estimate of drug-likeness (QED) is 0.819. The zero-order valence-electron chi connectivity index (χ0n) is 14.0. The number of rotatable bonds is 7. The standard InChI is InChI=1S/C19H26N2O3/c22-16(13-20-10-4-1-5-11-20)14-21-12-15(8-9-19(23)24)17-6-2-3-7-18(17)21/h2-3,6-7,12,16,22H,1,4-5,8-11,13-14H2,(H,23,24). The minimum Gasteiger partial charge on any atom is -0.481 e. The number of fused-ring (bicyclic) bond motifs is 1.